The van der Waals surface area contributed by atoms with Crippen molar-refractivity contribution in [1.29, 1.82) is 0 Å². The molecule has 2 rings (SSSR count). The van der Waals surface area contributed by atoms with Crippen LogP contribution in [0.1, 0.15) is 40.0 Å². The van der Waals surface area contributed by atoms with Crippen LogP contribution in [0, 0.1) is 0 Å². The number of carbonyl (C=O) groups excluding carboxylic acids is 2. The molecule has 1 atom stereocenters. The van der Waals surface area contributed by atoms with Crippen molar-refractivity contribution in [2.24, 2.45) is 0 Å². The minimum absolute atomic E-state index is 0.0952. The Hall–Kier alpha value is -1.14. The second kappa shape index (κ2) is 8.64. The minimum Gasteiger partial charge on any atom is -0.353 e. The first-order valence-electron chi connectivity index (χ1n) is 9.02. The normalized spacial score (nSPS) is 22.2. The zero-order valence-electron chi connectivity index (χ0n) is 14.9. The highest BCUT2D eigenvalue weighted by Crippen LogP contribution is 2.11. The van der Waals surface area contributed by atoms with Crippen LogP contribution in [0.25, 0.3) is 0 Å². The Kier molecular flexibility index (Phi) is 6.84. The third kappa shape index (κ3) is 5.46. The largest absolute Gasteiger partial charge is 0.353 e. The standard InChI is InChI=1S/C17H32N4O2/c1-14(2)18-17(23)15(3)20-11-9-19(10-12-20)13-16(22)21-7-5-4-6-8-21/h14-15H,4-13H2,1-3H3,(H,18,23). The molecule has 2 fully saturated rings. The van der Waals surface area contributed by atoms with Crippen molar-refractivity contribution >= 4 is 11.8 Å². The van der Waals surface area contributed by atoms with Gasteiger partial charge < -0.3 is 10.2 Å². The average molecular weight is 324 g/mol. The Balaban J connectivity index is 1.72. The van der Waals surface area contributed by atoms with Gasteiger partial charge in [-0.1, -0.05) is 0 Å². The maximum Gasteiger partial charge on any atom is 0.237 e. The van der Waals surface area contributed by atoms with E-state index in [1.54, 1.807) is 0 Å². The van der Waals surface area contributed by atoms with Crippen LogP contribution >= 0.6 is 0 Å². The van der Waals surface area contributed by atoms with E-state index in [1.165, 1.54) is 6.42 Å². The number of amides is 2. The summed E-state index contributed by atoms with van der Waals surface area (Å²) in [6.07, 6.45) is 3.53. The SMILES string of the molecule is CC(C)NC(=O)C(C)N1CCN(CC(=O)N2CCCCC2)CC1. The summed E-state index contributed by atoms with van der Waals surface area (Å²) in [6, 6.07) is 0.0748. The van der Waals surface area contributed by atoms with Crippen LogP contribution in [0.3, 0.4) is 0 Å². The second-order valence-corrected chi connectivity index (χ2v) is 7.09. The first-order valence-corrected chi connectivity index (χ1v) is 9.02. The monoisotopic (exact) mass is 324 g/mol. The number of likely N-dealkylation sites (tertiary alicyclic amines) is 1. The summed E-state index contributed by atoms with van der Waals surface area (Å²) in [7, 11) is 0. The molecule has 1 unspecified atom stereocenters. The maximum absolute atomic E-state index is 12.3. The summed E-state index contributed by atoms with van der Waals surface area (Å²) >= 11 is 0. The van der Waals surface area contributed by atoms with Crippen LogP contribution in [0.15, 0.2) is 0 Å². The number of rotatable bonds is 5. The quantitative estimate of drug-likeness (QED) is 0.801. The number of piperazine rings is 1. The zero-order chi connectivity index (χ0) is 16.8. The van der Waals surface area contributed by atoms with Crippen molar-refractivity contribution in [3.8, 4) is 0 Å². The molecule has 0 radical (unpaired) electrons. The molecule has 0 spiro atoms. The van der Waals surface area contributed by atoms with Crippen LogP contribution in [0.2, 0.25) is 0 Å². The van der Waals surface area contributed by atoms with E-state index in [2.05, 4.69) is 15.1 Å². The van der Waals surface area contributed by atoms with Crippen LogP contribution < -0.4 is 5.32 Å². The molecule has 2 heterocycles. The predicted octanol–water partition coefficient (Wildman–Crippen LogP) is 0.530. The van der Waals surface area contributed by atoms with Gasteiger partial charge in [-0.15, -0.1) is 0 Å². The lowest BCUT2D eigenvalue weighted by Gasteiger charge is -2.38. The first-order chi connectivity index (χ1) is 11.0. The van der Waals surface area contributed by atoms with Gasteiger partial charge in [-0.2, -0.15) is 0 Å². The van der Waals surface area contributed by atoms with Crippen molar-refractivity contribution in [1.82, 2.24) is 20.0 Å². The molecule has 0 aliphatic carbocycles. The highest BCUT2D eigenvalue weighted by Gasteiger charge is 2.27. The fourth-order valence-corrected chi connectivity index (χ4v) is 3.31. The van der Waals surface area contributed by atoms with Gasteiger partial charge in [0.1, 0.15) is 0 Å². The Morgan fingerprint density at radius 3 is 2.09 bits per heavy atom. The van der Waals surface area contributed by atoms with E-state index in [-0.39, 0.29) is 23.9 Å². The first kappa shape index (κ1) is 18.2. The van der Waals surface area contributed by atoms with Crippen molar-refractivity contribution < 1.29 is 9.59 Å². The van der Waals surface area contributed by atoms with E-state index < -0.39 is 0 Å². The third-order valence-corrected chi connectivity index (χ3v) is 4.83. The van der Waals surface area contributed by atoms with Crippen LogP contribution in [-0.4, -0.2) is 84.4 Å². The summed E-state index contributed by atoms with van der Waals surface area (Å²) in [4.78, 5) is 30.8. The fourth-order valence-electron chi connectivity index (χ4n) is 3.31. The lowest BCUT2D eigenvalue weighted by atomic mass is 10.1. The summed E-state index contributed by atoms with van der Waals surface area (Å²) in [5.41, 5.74) is 0. The minimum atomic E-state index is -0.0997. The van der Waals surface area contributed by atoms with E-state index in [9.17, 15) is 9.59 Å². The molecule has 0 aromatic rings. The van der Waals surface area contributed by atoms with Gasteiger partial charge in [0.2, 0.25) is 11.8 Å². The molecular formula is C17H32N4O2. The maximum atomic E-state index is 12.3. The van der Waals surface area contributed by atoms with Crippen LogP contribution in [0.4, 0.5) is 0 Å². The summed E-state index contributed by atoms with van der Waals surface area (Å²) in [5.74, 6) is 0.363. The van der Waals surface area contributed by atoms with Gasteiger partial charge in [0, 0.05) is 45.3 Å². The number of piperidine rings is 1. The highest BCUT2D eigenvalue weighted by atomic mass is 16.2. The molecule has 6 heteroatoms. The molecule has 2 saturated heterocycles. The van der Waals surface area contributed by atoms with Gasteiger partial charge in [0.25, 0.3) is 0 Å². The third-order valence-electron chi connectivity index (χ3n) is 4.83. The molecule has 2 aliphatic rings. The second-order valence-electron chi connectivity index (χ2n) is 7.09. The summed E-state index contributed by atoms with van der Waals surface area (Å²) in [6.45, 7) is 11.7. The lowest BCUT2D eigenvalue weighted by Crippen LogP contribution is -2.56. The Morgan fingerprint density at radius 1 is 0.913 bits per heavy atom. The van der Waals surface area contributed by atoms with Crippen molar-refractivity contribution in [2.45, 2.75) is 52.1 Å². The number of hydrogen-bond donors (Lipinski definition) is 1. The molecule has 6 nitrogen and oxygen atoms in total. The molecule has 132 valence electrons. The number of hydrogen-bond acceptors (Lipinski definition) is 4. The van der Waals surface area contributed by atoms with Crippen molar-refractivity contribution in [3.05, 3.63) is 0 Å². The fraction of sp³-hybridized carbons (Fsp3) is 0.882. The number of nitrogens with one attached hydrogen (secondary N) is 1. The lowest BCUT2D eigenvalue weighted by molar-refractivity contribution is -0.134. The van der Waals surface area contributed by atoms with Gasteiger partial charge in [-0.25, -0.2) is 0 Å². The van der Waals surface area contributed by atoms with Gasteiger partial charge >= 0.3 is 0 Å². The van der Waals surface area contributed by atoms with Gasteiger partial charge in [-0.05, 0) is 40.0 Å². The molecule has 0 saturated carbocycles. The van der Waals surface area contributed by atoms with Crippen LogP contribution in [-0.2, 0) is 9.59 Å². The van der Waals surface area contributed by atoms with Crippen molar-refractivity contribution in [2.75, 3.05) is 45.8 Å². The molecule has 2 aliphatic heterocycles. The van der Waals surface area contributed by atoms with E-state index in [0.717, 1.165) is 52.1 Å². The Morgan fingerprint density at radius 2 is 1.52 bits per heavy atom. The molecular weight excluding hydrogens is 292 g/mol. The average Bonchev–Trinajstić information content (AvgIpc) is 2.55. The summed E-state index contributed by atoms with van der Waals surface area (Å²) in [5, 5.41) is 2.97. The van der Waals surface area contributed by atoms with Crippen molar-refractivity contribution in [3.63, 3.8) is 0 Å². The Labute approximate surface area is 140 Å². The van der Waals surface area contributed by atoms with Crippen LogP contribution in [0.5, 0.6) is 0 Å². The molecule has 0 bridgehead atoms. The predicted molar refractivity (Wildman–Crippen MR) is 91.2 cm³/mol. The topological polar surface area (TPSA) is 55.9 Å². The number of carbonyl (C=O) groups is 2. The molecule has 1 N–H and O–H groups in total. The van der Waals surface area contributed by atoms with E-state index in [4.69, 9.17) is 0 Å². The highest BCUT2D eigenvalue weighted by molar-refractivity contribution is 5.81. The summed E-state index contributed by atoms with van der Waals surface area (Å²) < 4.78 is 0. The van der Waals surface area contributed by atoms with Gasteiger partial charge in [0.15, 0.2) is 0 Å². The van der Waals surface area contributed by atoms with Gasteiger partial charge in [0.05, 0.1) is 12.6 Å². The Bertz CT molecular complexity index is 399. The molecule has 23 heavy (non-hydrogen) atoms. The van der Waals surface area contributed by atoms with E-state index in [0.29, 0.717) is 6.54 Å². The number of nitrogens with zero attached hydrogens (tertiary/aromatic N) is 3. The molecule has 0 aromatic heterocycles. The zero-order valence-corrected chi connectivity index (χ0v) is 14.9. The smallest absolute Gasteiger partial charge is 0.237 e. The van der Waals surface area contributed by atoms with E-state index in [1.807, 2.05) is 25.7 Å². The molecule has 0 aromatic carbocycles. The van der Waals surface area contributed by atoms with E-state index >= 15 is 0 Å². The van der Waals surface area contributed by atoms with Gasteiger partial charge in [-0.3, -0.25) is 19.4 Å². The molecule has 2 amide bonds.